The smallest absolute Gasteiger partial charge is 0.0619 e. The summed E-state index contributed by atoms with van der Waals surface area (Å²) in [4.78, 5) is 4.75. The number of hydrogen-bond acceptors (Lipinski definition) is 4. The molecule has 0 aliphatic heterocycles. The number of hydrogen-bond donors (Lipinski definition) is 0. The van der Waals surface area contributed by atoms with E-state index in [9.17, 15) is 0 Å². The van der Waals surface area contributed by atoms with Crippen LogP contribution in [-0.4, -0.2) is 4.57 Å². The Kier molecular flexibility index (Phi) is 9.90. The van der Waals surface area contributed by atoms with Gasteiger partial charge in [0.1, 0.15) is 0 Å². The van der Waals surface area contributed by atoms with E-state index in [4.69, 9.17) is 0 Å². The Morgan fingerprint density at radius 1 is 0.268 bits per heavy atom. The third kappa shape index (κ3) is 7.08. The van der Waals surface area contributed by atoms with E-state index >= 15 is 0 Å². The van der Waals surface area contributed by atoms with Gasteiger partial charge in [-0.3, -0.25) is 0 Å². The van der Waals surface area contributed by atoms with Crippen molar-refractivity contribution in [3.05, 3.63) is 261 Å². The molecule has 0 aliphatic rings. The maximum Gasteiger partial charge on any atom is 0.0619 e. The van der Waals surface area contributed by atoms with Crippen LogP contribution in [-0.2, 0) is 0 Å². The molecule has 334 valence electrons. The zero-order valence-electron chi connectivity index (χ0n) is 38.5. The second-order valence-electron chi connectivity index (χ2n) is 18.1. The third-order valence-corrected chi connectivity index (χ3v) is 16.2. The van der Waals surface area contributed by atoms with Crippen molar-refractivity contribution in [1.82, 2.24) is 4.57 Å². The minimum Gasteiger partial charge on any atom is -0.310 e. The monoisotopic (exact) mass is 941 g/mol. The van der Waals surface area contributed by atoms with E-state index in [0.717, 1.165) is 50.9 Å². The van der Waals surface area contributed by atoms with Crippen molar-refractivity contribution in [2.75, 3.05) is 9.80 Å². The lowest BCUT2D eigenvalue weighted by Gasteiger charge is -2.26. The molecule has 0 amide bonds. The molecular formula is C66H43N3S2. The molecule has 0 N–H and O–H groups in total. The van der Waals surface area contributed by atoms with Gasteiger partial charge < -0.3 is 14.4 Å². The van der Waals surface area contributed by atoms with Crippen LogP contribution in [0.25, 0.3) is 90.1 Å². The molecule has 3 aromatic heterocycles. The maximum atomic E-state index is 2.45. The molecule has 71 heavy (non-hydrogen) atoms. The highest BCUT2D eigenvalue weighted by atomic mass is 32.1. The standard InChI is InChI=1S/C66H43N3S2/c1-4-16-47(17-5-1)67(52-36-38-57-55-23-11-14-26-62(55)70-64(57)42-52)50-32-28-44(29-33-50)46-40-59(66-60(41-46)54-22-10-13-25-61(54)69(66)49-20-8-3-9-21-49)45-30-34-51(35-31-45)68(48-18-6-2-7-19-48)53-37-39-58-56-24-12-15-27-63(56)71-65(58)43-53/h1-43H. The Morgan fingerprint density at radius 3 is 1.24 bits per heavy atom. The molecule has 0 atom stereocenters. The molecule has 0 fully saturated rings. The van der Waals surface area contributed by atoms with Crippen LogP contribution >= 0.6 is 22.7 Å². The van der Waals surface area contributed by atoms with Crippen LogP contribution < -0.4 is 9.80 Å². The highest BCUT2D eigenvalue weighted by Crippen LogP contribution is 2.46. The highest BCUT2D eigenvalue weighted by Gasteiger charge is 2.21. The molecule has 5 heteroatoms. The van der Waals surface area contributed by atoms with Crippen molar-refractivity contribution in [3.63, 3.8) is 0 Å². The zero-order valence-corrected chi connectivity index (χ0v) is 40.1. The van der Waals surface area contributed by atoms with Gasteiger partial charge in [0.2, 0.25) is 0 Å². The molecule has 0 radical (unpaired) electrons. The Balaban J connectivity index is 0.910. The van der Waals surface area contributed by atoms with E-state index in [-0.39, 0.29) is 0 Å². The molecule has 0 spiro atoms. The first-order valence-electron chi connectivity index (χ1n) is 24.1. The Hall–Kier alpha value is -8.74. The molecule has 0 unspecified atom stereocenters. The molecule has 14 aromatic rings. The minimum absolute atomic E-state index is 1.10. The van der Waals surface area contributed by atoms with Crippen LogP contribution in [0.15, 0.2) is 261 Å². The quantitative estimate of drug-likeness (QED) is 0.143. The summed E-state index contributed by atoms with van der Waals surface area (Å²) in [6.45, 7) is 0. The Morgan fingerprint density at radius 2 is 0.690 bits per heavy atom. The second-order valence-corrected chi connectivity index (χ2v) is 20.3. The van der Waals surface area contributed by atoms with E-state index in [1.807, 2.05) is 22.7 Å². The van der Waals surface area contributed by atoms with Crippen molar-refractivity contribution >= 4 is 119 Å². The topological polar surface area (TPSA) is 11.4 Å². The zero-order chi connectivity index (χ0) is 46.8. The van der Waals surface area contributed by atoms with Gasteiger partial charge >= 0.3 is 0 Å². The molecule has 0 bridgehead atoms. The first-order valence-corrected chi connectivity index (χ1v) is 25.7. The maximum absolute atomic E-state index is 2.45. The summed E-state index contributed by atoms with van der Waals surface area (Å²) in [7, 11) is 0. The highest BCUT2D eigenvalue weighted by molar-refractivity contribution is 7.26. The summed E-state index contributed by atoms with van der Waals surface area (Å²) in [6.07, 6.45) is 0. The lowest BCUT2D eigenvalue weighted by atomic mass is 9.95. The number of nitrogens with zero attached hydrogens (tertiary/aromatic N) is 3. The van der Waals surface area contributed by atoms with Crippen LogP contribution in [0.1, 0.15) is 0 Å². The van der Waals surface area contributed by atoms with E-state index < -0.39 is 0 Å². The van der Waals surface area contributed by atoms with Crippen molar-refractivity contribution < 1.29 is 0 Å². The van der Waals surface area contributed by atoms with Crippen molar-refractivity contribution in [2.45, 2.75) is 0 Å². The fraction of sp³-hybridized carbons (Fsp3) is 0. The first kappa shape index (κ1) is 41.3. The summed E-state index contributed by atoms with van der Waals surface area (Å²) in [5.41, 5.74) is 14.9. The number of thiophene rings is 2. The second kappa shape index (κ2) is 17.0. The van der Waals surface area contributed by atoms with Crippen LogP contribution in [0, 0.1) is 0 Å². The van der Waals surface area contributed by atoms with Gasteiger partial charge in [0.15, 0.2) is 0 Å². The predicted molar refractivity (Wildman–Crippen MR) is 307 cm³/mol. The fourth-order valence-electron chi connectivity index (χ4n) is 10.7. The van der Waals surface area contributed by atoms with Gasteiger partial charge in [0.25, 0.3) is 0 Å². The average molecular weight is 942 g/mol. The molecule has 0 saturated heterocycles. The SMILES string of the molecule is c1ccc(N(c2ccc(-c3cc(-c4ccc(N(c5ccccc5)c5ccc6c(c5)sc5ccccc56)cc4)c4c(c3)c3ccccc3n4-c3ccccc3)cc2)c2ccc3c(c2)sc2ccccc23)cc1. The lowest BCUT2D eigenvalue weighted by molar-refractivity contribution is 1.18. The van der Waals surface area contributed by atoms with Gasteiger partial charge in [0, 0.05) is 96.5 Å². The molecule has 11 aromatic carbocycles. The van der Waals surface area contributed by atoms with Crippen molar-refractivity contribution in [3.8, 4) is 27.9 Å². The third-order valence-electron chi connectivity index (χ3n) is 13.9. The summed E-state index contributed by atoms with van der Waals surface area (Å²) in [6, 6.07) is 95.4. The predicted octanol–water partition coefficient (Wildman–Crippen LogP) is 19.8. The molecule has 14 rings (SSSR count). The number of fused-ring (bicyclic) bond motifs is 9. The summed E-state index contributed by atoms with van der Waals surface area (Å²) >= 11 is 3.71. The minimum atomic E-state index is 1.10. The number of aromatic nitrogens is 1. The lowest BCUT2D eigenvalue weighted by Crippen LogP contribution is -2.09. The van der Waals surface area contributed by atoms with Gasteiger partial charge in [-0.05, 0) is 132 Å². The van der Waals surface area contributed by atoms with Crippen molar-refractivity contribution in [1.29, 1.82) is 0 Å². The number of rotatable bonds is 9. The number of anilines is 6. The van der Waals surface area contributed by atoms with Crippen LogP contribution in [0.4, 0.5) is 34.1 Å². The van der Waals surface area contributed by atoms with Gasteiger partial charge in [-0.15, -0.1) is 22.7 Å². The molecule has 0 aliphatic carbocycles. The van der Waals surface area contributed by atoms with Gasteiger partial charge in [-0.2, -0.15) is 0 Å². The van der Waals surface area contributed by atoms with Crippen LogP contribution in [0.5, 0.6) is 0 Å². The largest absolute Gasteiger partial charge is 0.310 e. The number of benzene rings is 11. The summed E-state index contributed by atoms with van der Waals surface area (Å²) in [5.74, 6) is 0. The van der Waals surface area contributed by atoms with E-state index in [0.29, 0.717) is 0 Å². The van der Waals surface area contributed by atoms with Crippen LogP contribution in [0.3, 0.4) is 0 Å². The molecule has 3 heterocycles. The van der Waals surface area contributed by atoms with E-state index in [1.54, 1.807) is 0 Å². The molecule has 3 nitrogen and oxygen atoms in total. The molecular weight excluding hydrogens is 899 g/mol. The van der Waals surface area contributed by atoms with E-state index in [1.165, 1.54) is 73.3 Å². The van der Waals surface area contributed by atoms with Crippen LogP contribution in [0.2, 0.25) is 0 Å². The summed E-state index contributed by atoms with van der Waals surface area (Å²) < 4.78 is 7.63. The number of para-hydroxylation sites is 4. The Labute approximate surface area is 419 Å². The van der Waals surface area contributed by atoms with Gasteiger partial charge in [0.05, 0.1) is 11.0 Å². The fourth-order valence-corrected chi connectivity index (χ4v) is 13.0. The Bertz CT molecular complexity index is 4270. The first-order chi connectivity index (χ1) is 35.2. The normalized spacial score (nSPS) is 11.7. The van der Waals surface area contributed by atoms with E-state index in [2.05, 4.69) is 275 Å². The average Bonchev–Trinajstić information content (AvgIpc) is 4.11. The molecule has 0 saturated carbocycles. The summed E-state index contributed by atoms with van der Waals surface area (Å²) in [5, 5.41) is 7.65. The van der Waals surface area contributed by atoms with Gasteiger partial charge in [-0.25, -0.2) is 0 Å². The van der Waals surface area contributed by atoms with Crippen molar-refractivity contribution in [2.24, 2.45) is 0 Å². The van der Waals surface area contributed by atoms with Gasteiger partial charge in [-0.1, -0.05) is 146 Å².